The molecule has 0 aliphatic carbocycles. The van der Waals surface area contributed by atoms with Crippen molar-refractivity contribution in [3.05, 3.63) is 54.1 Å². The van der Waals surface area contributed by atoms with Crippen LogP contribution in [0.15, 0.2) is 53.4 Å². The van der Waals surface area contributed by atoms with Crippen molar-refractivity contribution in [3.8, 4) is 11.5 Å². The SMILES string of the molecule is Cc1ccccc1OCCSc1cccc(O)c1. The van der Waals surface area contributed by atoms with Gasteiger partial charge in [0.1, 0.15) is 11.5 Å². The Hall–Kier alpha value is -1.61. The summed E-state index contributed by atoms with van der Waals surface area (Å²) in [5, 5.41) is 9.34. The van der Waals surface area contributed by atoms with E-state index in [0.29, 0.717) is 12.4 Å². The molecule has 0 fully saturated rings. The first kappa shape index (κ1) is 12.8. The van der Waals surface area contributed by atoms with Gasteiger partial charge >= 0.3 is 0 Å². The maximum atomic E-state index is 9.34. The fraction of sp³-hybridized carbons (Fsp3) is 0.200. The van der Waals surface area contributed by atoms with E-state index in [0.717, 1.165) is 22.0 Å². The monoisotopic (exact) mass is 260 g/mol. The third-order valence-electron chi connectivity index (χ3n) is 2.52. The van der Waals surface area contributed by atoms with Crippen molar-refractivity contribution >= 4 is 11.8 Å². The second-order valence-electron chi connectivity index (χ2n) is 3.96. The molecule has 0 aromatic heterocycles. The number of para-hydroxylation sites is 1. The van der Waals surface area contributed by atoms with Gasteiger partial charge in [-0.3, -0.25) is 0 Å². The zero-order chi connectivity index (χ0) is 12.8. The van der Waals surface area contributed by atoms with Gasteiger partial charge in [0.25, 0.3) is 0 Å². The Bertz CT molecular complexity index is 511. The van der Waals surface area contributed by atoms with Gasteiger partial charge in [0.2, 0.25) is 0 Å². The van der Waals surface area contributed by atoms with Crippen LogP contribution in [-0.2, 0) is 0 Å². The highest BCUT2D eigenvalue weighted by atomic mass is 32.2. The van der Waals surface area contributed by atoms with Gasteiger partial charge in [0, 0.05) is 10.6 Å². The van der Waals surface area contributed by atoms with Crippen LogP contribution >= 0.6 is 11.8 Å². The lowest BCUT2D eigenvalue weighted by molar-refractivity contribution is 0.341. The van der Waals surface area contributed by atoms with E-state index >= 15 is 0 Å². The molecule has 0 unspecified atom stereocenters. The van der Waals surface area contributed by atoms with Gasteiger partial charge in [-0.05, 0) is 36.8 Å². The lowest BCUT2D eigenvalue weighted by atomic mass is 10.2. The molecule has 0 heterocycles. The van der Waals surface area contributed by atoms with E-state index in [1.165, 1.54) is 0 Å². The molecule has 0 atom stereocenters. The summed E-state index contributed by atoms with van der Waals surface area (Å²) in [7, 11) is 0. The number of benzene rings is 2. The lowest BCUT2D eigenvalue weighted by Crippen LogP contribution is -2.01. The minimum atomic E-state index is 0.305. The van der Waals surface area contributed by atoms with Gasteiger partial charge < -0.3 is 9.84 Å². The normalized spacial score (nSPS) is 10.3. The number of hydrogen-bond donors (Lipinski definition) is 1. The fourth-order valence-corrected chi connectivity index (χ4v) is 2.38. The molecule has 2 aromatic rings. The van der Waals surface area contributed by atoms with Crippen molar-refractivity contribution in [1.82, 2.24) is 0 Å². The Kier molecular flexibility index (Phi) is 4.53. The molecule has 0 radical (unpaired) electrons. The molecule has 94 valence electrons. The standard InChI is InChI=1S/C15H16O2S/c1-12-5-2-3-8-15(12)17-9-10-18-14-7-4-6-13(16)11-14/h2-8,11,16H,9-10H2,1H3. The first-order chi connectivity index (χ1) is 8.75. The van der Waals surface area contributed by atoms with Crippen molar-refractivity contribution in [2.75, 3.05) is 12.4 Å². The zero-order valence-electron chi connectivity index (χ0n) is 10.3. The number of aryl methyl sites for hydroxylation is 1. The summed E-state index contributed by atoms with van der Waals surface area (Å²) in [4.78, 5) is 1.06. The van der Waals surface area contributed by atoms with Gasteiger partial charge in [0.05, 0.1) is 6.61 Å². The summed E-state index contributed by atoms with van der Waals surface area (Å²) in [5.41, 5.74) is 1.15. The Labute approximate surface area is 112 Å². The van der Waals surface area contributed by atoms with Crippen LogP contribution in [0.2, 0.25) is 0 Å². The summed E-state index contributed by atoms with van der Waals surface area (Å²) in [5.74, 6) is 2.10. The number of aromatic hydroxyl groups is 1. The number of ether oxygens (including phenoxy) is 1. The van der Waals surface area contributed by atoms with Crippen LogP contribution in [0, 0.1) is 6.92 Å². The molecule has 0 aliphatic heterocycles. The van der Waals surface area contributed by atoms with Crippen molar-refractivity contribution < 1.29 is 9.84 Å². The molecule has 2 rings (SSSR count). The number of thioether (sulfide) groups is 1. The molecular weight excluding hydrogens is 244 g/mol. The van der Waals surface area contributed by atoms with E-state index < -0.39 is 0 Å². The van der Waals surface area contributed by atoms with E-state index in [2.05, 4.69) is 0 Å². The molecule has 0 aliphatic rings. The first-order valence-electron chi connectivity index (χ1n) is 5.86. The highest BCUT2D eigenvalue weighted by molar-refractivity contribution is 7.99. The fourth-order valence-electron chi connectivity index (χ4n) is 1.60. The summed E-state index contributed by atoms with van der Waals surface area (Å²) in [6.45, 7) is 2.70. The third kappa shape index (κ3) is 3.70. The van der Waals surface area contributed by atoms with Crippen LogP contribution in [0.25, 0.3) is 0 Å². The highest BCUT2D eigenvalue weighted by Crippen LogP contribution is 2.22. The zero-order valence-corrected chi connectivity index (χ0v) is 11.1. The highest BCUT2D eigenvalue weighted by Gasteiger charge is 1.99. The van der Waals surface area contributed by atoms with Crippen LogP contribution in [0.3, 0.4) is 0 Å². The minimum Gasteiger partial charge on any atom is -0.508 e. The van der Waals surface area contributed by atoms with E-state index in [1.54, 1.807) is 23.9 Å². The van der Waals surface area contributed by atoms with E-state index in [-0.39, 0.29) is 0 Å². The molecule has 0 amide bonds. The molecular formula is C15H16O2S. The largest absolute Gasteiger partial charge is 0.508 e. The van der Waals surface area contributed by atoms with E-state index in [4.69, 9.17) is 4.74 Å². The molecule has 2 aromatic carbocycles. The van der Waals surface area contributed by atoms with Gasteiger partial charge in [0.15, 0.2) is 0 Å². The van der Waals surface area contributed by atoms with Crippen molar-refractivity contribution in [2.45, 2.75) is 11.8 Å². The Morgan fingerprint density at radius 3 is 2.72 bits per heavy atom. The van der Waals surface area contributed by atoms with Crippen LogP contribution in [0.4, 0.5) is 0 Å². The second kappa shape index (κ2) is 6.36. The minimum absolute atomic E-state index is 0.305. The summed E-state index contributed by atoms with van der Waals surface area (Å²) >= 11 is 1.67. The quantitative estimate of drug-likeness (QED) is 0.653. The predicted octanol–water partition coefficient (Wildman–Crippen LogP) is 3.87. The Morgan fingerprint density at radius 1 is 1.11 bits per heavy atom. The van der Waals surface area contributed by atoms with Crippen molar-refractivity contribution in [2.24, 2.45) is 0 Å². The van der Waals surface area contributed by atoms with Gasteiger partial charge in [-0.15, -0.1) is 11.8 Å². The van der Waals surface area contributed by atoms with Gasteiger partial charge in [-0.1, -0.05) is 24.3 Å². The number of hydrogen-bond acceptors (Lipinski definition) is 3. The number of phenolic OH excluding ortho intramolecular Hbond substituents is 1. The first-order valence-corrected chi connectivity index (χ1v) is 6.84. The van der Waals surface area contributed by atoms with Gasteiger partial charge in [-0.2, -0.15) is 0 Å². The van der Waals surface area contributed by atoms with Crippen molar-refractivity contribution in [3.63, 3.8) is 0 Å². The second-order valence-corrected chi connectivity index (χ2v) is 5.13. The Morgan fingerprint density at radius 2 is 1.94 bits per heavy atom. The number of rotatable bonds is 5. The maximum absolute atomic E-state index is 9.34. The average Bonchev–Trinajstić information content (AvgIpc) is 2.37. The lowest BCUT2D eigenvalue weighted by Gasteiger charge is -2.08. The molecule has 18 heavy (non-hydrogen) atoms. The summed E-state index contributed by atoms with van der Waals surface area (Å²) in [6, 6.07) is 15.3. The Balaban J connectivity index is 1.78. The van der Waals surface area contributed by atoms with Gasteiger partial charge in [-0.25, -0.2) is 0 Å². The molecule has 0 spiro atoms. The predicted molar refractivity (Wildman–Crippen MR) is 75.5 cm³/mol. The van der Waals surface area contributed by atoms with Crippen LogP contribution in [-0.4, -0.2) is 17.5 Å². The number of phenols is 1. The molecule has 3 heteroatoms. The van der Waals surface area contributed by atoms with Crippen molar-refractivity contribution in [1.29, 1.82) is 0 Å². The topological polar surface area (TPSA) is 29.5 Å². The molecule has 0 saturated carbocycles. The third-order valence-corrected chi connectivity index (χ3v) is 3.48. The molecule has 0 bridgehead atoms. The summed E-state index contributed by atoms with van der Waals surface area (Å²) < 4.78 is 5.71. The van der Waals surface area contributed by atoms with Crippen LogP contribution in [0.1, 0.15) is 5.56 Å². The van der Waals surface area contributed by atoms with Crippen LogP contribution < -0.4 is 4.74 Å². The maximum Gasteiger partial charge on any atom is 0.122 e. The van der Waals surface area contributed by atoms with Crippen LogP contribution in [0.5, 0.6) is 11.5 Å². The summed E-state index contributed by atoms with van der Waals surface area (Å²) in [6.07, 6.45) is 0. The molecule has 2 nitrogen and oxygen atoms in total. The average molecular weight is 260 g/mol. The smallest absolute Gasteiger partial charge is 0.122 e. The van der Waals surface area contributed by atoms with E-state index in [9.17, 15) is 5.11 Å². The van der Waals surface area contributed by atoms with E-state index in [1.807, 2.05) is 43.3 Å². The molecule has 1 N–H and O–H groups in total. The molecule has 0 saturated heterocycles.